The first-order chi connectivity index (χ1) is 7.58. The number of likely N-dealkylation sites (tertiary alicyclic amines) is 1. The molecule has 0 saturated carbocycles. The van der Waals surface area contributed by atoms with Gasteiger partial charge in [-0.25, -0.2) is 0 Å². The molecular weight excluding hydrogens is 228 g/mol. The minimum absolute atomic E-state index is 0.215. The summed E-state index contributed by atoms with van der Waals surface area (Å²) in [6, 6.07) is -0.215. The van der Waals surface area contributed by atoms with Crippen molar-refractivity contribution in [2.45, 2.75) is 18.9 Å². The van der Waals surface area contributed by atoms with Crippen LogP contribution in [0.25, 0.3) is 0 Å². The molecule has 0 aromatic rings. The molecule has 16 heavy (non-hydrogen) atoms. The van der Waals surface area contributed by atoms with Gasteiger partial charge in [0.25, 0.3) is 0 Å². The molecule has 1 amide bonds. The van der Waals surface area contributed by atoms with Crippen LogP contribution in [0.2, 0.25) is 0 Å². The van der Waals surface area contributed by atoms with Crippen LogP contribution in [0.4, 0.5) is 0 Å². The fourth-order valence-electron chi connectivity index (χ4n) is 2.03. The topological polar surface area (TPSA) is 74.0 Å². The quantitative estimate of drug-likeness (QED) is 0.633. The van der Waals surface area contributed by atoms with Gasteiger partial charge in [0.2, 0.25) is 5.91 Å². The fraction of sp³-hybridized carbons (Fsp3) is 0.889. The number of hydrogen-bond acceptors (Lipinski definition) is 5. The van der Waals surface area contributed by atoms with Gasteiger partial charge in [0.15, 0.2) is 0 Å². The number of carbonyl (C=O) groups is 1. The SMILES string of the molecule is CO[Si](CN1CCCC1C(N)=O)(OC)OC. The summed E-state index contributed by atoms with van der Waals surface area (Å²) >= 11 is 0. The maximum Gasteiger partial charge on any atom is 0.514 e. The van der Waals surface area contributed by atoms with Crippen LogP contribution in [0, 0.1) is 0 Å². The standard InChI is InChI=1S/C9H20N2O4Si/c1-13-16(14-2,15-3)7-11-6-4-5-8(11)9(10)12/h8H,4-7H2,1-3H3,(H2,10,12). The van der Waals surface area contributed by atoms with E-state index in [-0.39, 0.29) is 11.9 Å². The predicted octanol–water partition coefficient (Wildman–Crippen LogP) is -0.647. The van der Waals surface area contributed by atoms with Crippen LogP contribution in [0.15, 0.2) is 0 Å². The second-order valence-corrected chi connectivity index (χ2v) is 6.73. The Hall–Kier alpha value is -0.473. The number of nitrogens with zero attached hydrogens (tertiary/aromatic N) is 1. The van der Waals surface area contributed by atoms with E-state index in [0.717, 1.165) is 19.4 Å². The van der Waals surface area contributed by atoms with Crippen molar-refractivity contribution in [1.82, 2.24) is 4.90 Å². The average molecular weight is 248 g/mol. The highest BCUT2D eigenvalue weighted by molar-refractivity contribution is 6.60. The van der Waals surface area contributed by atoms with Crippen molar-refractivity contribution in [1.29, 1.82) is 0 Å². The minimum atomic E-state index is -2.65. The third kappa shape index (κ3) is 2.80. The van der Waals surface area contributed by atoms with E-state index >= 15 is 0 Å². The van der Waals surface area contributed by atoms with Crippen LogP contribution in [0.5, 0.6) is 0 Å². The van der Waals surface area contributed by atoms with Crippen molar-refractivity contribution in [3.05, 3.63) is 0 Å². The number of primary amides is 1. The molecule has 0 radical (unpaired) electrons. The first-order valence-electron chi connectivity index (χ1n) is 5.27. The van der Waals surface area contributed by atoms with E-state index in [2.05, 4.69) is 0 Å². The Kier molecular flexibility index (Phi) is 4.87. The molecule has 2 N–H and O–H groups in total. The molecule has 0 bridgehead atoms. The van der Waals surface area contributed by atoms with E-state index in [4.69, 9.17) is 19.0 Å². The molecule has 1 rings (SSSR count). The molecule has 6 nitrogen and oxygen atoms in total. The summed E-state index contributed by atoms with van der Waals surface area (Å²) in [6.45, 7) is 0.832. The van der Waals surface area contributed by atoms with E-state index in [1.807, 2.05) is 4.90 Å². The maximum atomic E-state index is 11.2. The molecule has 0 spiro atoms. The highest BCUT2D eigenvalue weighted by atomic mass is 28.4. The largest absolute Gasteiger partial charge is 0.514 e. The van der Waals surface area contributed by atoms with Gasteiger partial charge >= 0.3 is 8.80 Å². The van der Waals surface area contributed by atoms with Crippen LogP contribution in [-0.4, -0.2) is 59.7 Å². The Bertz CT molecular complexity index is 239. The number of nitrogens with two attached hydrogens (primary N) is 1. The van der Waals surface area contributed by atoms with Gasteiger partial charge in [0.1, 0.15) is 0 Å². The molecule has 0 aromatic heterocycles. The monoisotopic (exact) mass is 248 g/mol. The Labute approximate surface area is 97.0 Å². The number of rotatable bonds is 6. The van der Waals surface area contributed by atoms with E-state index in [1.54, 1.807) is 21.3 Å². The lowest BCUT2D eigenvalue weighted by atomic mass is 10.2. The van der Waals surface area contributed by atoms with E-state index in [0.29, 0.717) is 6.17 Å². The molecule has 0 aromatic carbocycles. The summed E-state index contributed by atoms with van der Waals surface area (Å²) in [5, 5.41) is 0. The first kappa shape index (κ1) is 13.6. The van der Waals surface area contributed by atoms with E-state index < -0.39 is 8.80 Å². The highest BCUT2D eigenvalue weighted by Crippen LogP contribution is 2.20. The Morgan fingerprint density at radius 1 is 1.38 bits per heavy atom. The van der Waals surface area contributed by atoms with Crippen LogP contribution in [-0.2, 0) is 18.1 Å². The first-order valence-corrected chi connectivity index (χ1v) is 7.20. The molecule has 1 fully saturated rings. The minimum Gasteiger partial charge on any atom is -0.376 e. The summed E-state index contributed by atoms with van der Waals surface area (Å²) in [5.41, 5.74) is 5.34. The average Bonchev–Trinajstić information content (AvgIpc) is 2.74. The predicted molar refractivity (Wildman–Crippen MR) is 60.6 cm³/mol. The van der Waals surface area contributed by atoms with Gasteiger partial charge in [-0.1, -0.05) is 0 Å². The highest BCUT2D eigenvalue weighted by Gasteiger charge is 2.43. The lowest BCUT2D eigenvalue weighted by Gasteiger charge is -2.31. The molecule has 1 saturated heterocycles. The molecule has 7 heteroatoms. The van der Waals surface area contributed by atoms with Crippen LogP contribution in [0.1, 0.15) is 12.8 Å². The zero-order valence-electron chi connectivity index (χ0n) is 10.1. The summed E-state index contributed by atoms with van der Waals surface area (Å²) in [6.07, 6.45) is 2.27. The Morgan fingerprint density at radius 2 is 1.94 bits per heavy atom. The maximum absolute atomic E-state index is 11.2. The molecule has 1 heterocycles. The van der Waals surface area contributed by atoms with Gasteiger partial charge in [-0.2, -0.15) is 0 Å². The summed E-state index contributed by atoms with van der Waals surface area (Å²) in [4.78, 5) is 13.2. The zero-order chi connectivity index (χ0) is 12.2. The molecule has 0 aliphatic carbocycles. The normalized spacial score (nSPS) is 22.6. The van der Waals surface area contributed by atoms with Crippen molar-refractivity contribution >= 4 is 14.7 Å². The molecule has 1 atom stereocenters. The van der Waals surface area contributed by atoms with Gasteiger partial charge in [-0.3, -0.25) is 9.69 Å². The smallest absolute Gasteiger partial charge is 0.376 e. The van der Waals surface area contributed by atoms with Crippen LogP contribution in [0.3, 0.4) is 0 Å². The van der Waals surface area contributed by atoms with Crippen molar-refractivity contribution in [2.75, 3.05) is 34.0 Å². The number of carbonyl (C=O) groups excluding carboxylic acids is 1. The summed E-state index contributed by atoms with van der Waals surface area (Å²) in [7, 11) is 2.04. The van der Waals surface area contributed by atoms with Gasteiger partial charge in [0, 0.05) is 21.3 Å². The fourth-order valence-corrected chi connectivity index (χ4v) is 3.79. The van der Waals surface area contributed by atoms with Crippen molar-refractivity contribution in [2.24, 2.45) is 5.73 Å². The van der Waals surface area contributed by atoms with E-state index in [9.17, 15) is 4.79 Å². The van der Waals surface area contributed by atoms with Crippen LogP contribution < -0.4 is 5.73 Å². The van der Waals surface area contributed by atoms with Gasteiger partial charge in [-0.05, 0) is 19.4 Å². The third-order valence-corrected chi connectivity index (χ3v) is 5.68. The van der Waals surface area contributed by atoms with Gasteiger partial charge in [0.05, 0.1) is 12.2 Å². The molecule has 1 aliphatic rings. The van der Waals surface area contributed by atoms with Crippen molar-refractivity contribution in [3.63, 3.8) is 0 Å². The lowest BCUT2D eigenvalue weighted by molar-refractivity contribution is -0.122. The Morgan fingerprint density at radius 3 is 2.38 bits per heavy atom. The lowest BCUT2D eigenvalue weighted by Crippen LogP contribution is -2.56. The molecule has 1 unspecified atom stereocenters. The molecular formula is C9H20N2O4Si. The second kappa shape index (κ2) is 5.74. The third-order valence-electron chi connectivity index (χ3n) is 3.02. The Balaban J connectivity index is 2.67. The van der Waals surface area contributed by atoms with Crippen molar-refractivity contribution < 1.29 is 18.1 Å². The van der Waals surface area contributed by atoms with Gasteiger partial charge in [-0.15, -0.1) is 0 Å². The summed E-state index contributed by atoms with van der Waals surface area (Å²) in [5.74, 6) is -0.288. The molecule has 94 valence electrons. The second-order valence-electron chi connectivity index (χ2n) is 3.83. The van der Waals surface area contributed by atoms with Crippen LogP contribution >= 0.6 is 0 Å². The van der Waals surface area contributed by atoms with E-state index in [1.165, 1.54) is 0 Å². The number of amides is 1. The van der Waals surface area contributed by atoms with Crippen molar-refractivity contribution in [3.8, 4) is 0 Å². The molecule has 1 aliphatic heterocycles. The van der Waals surface area contributed by atoms with Gasteiger partial charge < -0.3 is 19.0 Å². The summed E-state index contributed by atoms with van der Waals surface area (Å²) < 4.78 is 16.0. The zero-order valence-corrected chi connectivity index (χ0v) is 11.1. The number of hydrogen-bond donors (Lipinski definition) is 1.